The number of aromatic nitrogens is 3. The summed E-state index contributed by atoms with van der Waals surface area (Å²) in [5.74, 6) is 0.492. The van der Waals surface area contributed by atoms with Crippen molar-refractivity contribution in [1.82, 2.24) is 15.2 Å². The van der Waals surface area contributed by atoms with E-state index < -0.39 is 0 Å². The summed E-state index contributed by atoms with van der Waals surface area (Å²) in [6, 6.07) is 5.72. The molecular weight excluding hydrogens is 280 g/mol. The van der Waals surface area contributed by atoms with Gasteiger partial charge < -0.3 is 5.32 Å². The first-order valence-electron chi connectivity index (χ1n) is 5.59. The molecule has 7 heteroatoms. The summed E-state index contributed by atoms with van der Waals surface area (Å²) < 4.78 is 0. The van der Waals surface area contributed by atoms with Gasteiger partial charge in [-0.05, 0) is 11.4 Å². The molecule has 0 aliphatic rings. The number of nitrogens with zero attached hydrogens (tertiary/aromatic N) is 2. The Morgan fingerprint density at radius 3 is 3.05 bits per heavy atom. The molecule has 19 heavy (non-hydrogen) atoms. The predicted molar refractivity (Wildman–Crippen MR) is 76.3 cm³/mol. The van der Waals surface area contributed by atoms with E-state index >= 15 is 0 Å². The summed E-state index contributed by atoms with van der Waals surface area (Å²) in [7, 11) is 0. The first-order chi connectivity index (χ1) is 9.31. The van der Waals surface area contributed by atoms with Crippen molar-refractivity contribution in [3.05, 3.63) is 40.8 Å². The van der Waals surface area contributed by atoms with Gasteiger partial charge in [0, 0.05) is 11.4 Å². The molecule has 3 aromatic heterocycles. The van der Waals surface area contributed by atoms with Crippen LogP contribution in [-0.4, -0.2) is 21.1 Å². The van der Waals surface area contributed by atoms with Gasteiger partial charge in [0.15, 0.2) is 0 Å². The lowest BCUT2D eigenvalue weighted by Crippen LogP contribution is -2.14. The zero-order valence-electron chi connectivity index (χ0n) is 9.79. The third kappa shape index (κ3) is 2.88. The third-order valence-electron chi connectivity index (χ3n) is 2.40. The molecule has 0 saturated heterocycles. The SMILES string of the molecule is O=C(Cc1csc(-c2cccs2)n1)Nc1ccn[nH]1. The maximum Gasteiger partial charge on any atom is 0.231 e. The van der Waals surface area contributed by atoms with Gasteiger partial charge >= 0.3 is 0 Å². The van der Waals surface area contributed by atoms with Crippen LogP contribution in [0, 0.1) is 0 Å². The second-order valence-electron chi connectivity index (χ2n) is 3.82. The number of aromatic amines is 1. The standard InChI is InChI=1S/C12H10N4OS2/c17-11(15-10-3-4-13-16-10)6-8-7-19-12(14-8)9-2-1-5-18-9/h1-5,7H,6H2,(H2,13,15,16,17). The third-order valence-corrected chi connectivity index (χ3v) is 4.33. The van der Waals surface area contributed by atoms with E-state index in [1.54, 1.807) is 34.9 Å². The summed E-state index contributed by atoms with van der Waals surface area (Å²) in [6.45, 7) is 0. The van der Waals surface area contributed by atoms with Crippen LogP contribution in [-0.2, 0) is 11.2 Å². The first-order valence-corrected chi connectivity index (χ1v) is 7.35. The molecule has 5 nitrogen and oxygen atoms in total. The van der Waals surface area contributed by atoms with Crippen LogP contribution in [0.4, 0.5) is 5.82 Å². The van der Waals surface area contributed by atoms with Gasteiger partial charge in [0.25, 0.3) is 0 Å². The van der Waals surface area contributed by atoms with E-state index in [9.17, 15) is 4.79 Å². The number of hydrogen-bond acceptors (Lipinski definition) is 5. The highest BCUT2D eigenvalue weighted by Gasteiger charge is 2.10. The molecule has 0 aromatic carbocycles. The fourth-order valence-corrected chi connectivity index (χ4v) is 3.22. The second kappa shape index (κ2) is 5.33. The Bertz CT molecular complexity index is 658. The average molecular weight is 290 g/mol. The maximum absolute atomic E-state index is 11.8. The van der Waals surface area contributed by atoms with Crippen molar-refractivity contribution >= 4 is 34.4 Å². The smallest absolute Gasteiger partial charge is 0.231 e. The molecule has 0 spiro atoms. The fourth-order valence-electron chi connectivity index (χ4n) is 1.59. The molecule has 2 N–H and O–H groups in total. The van der Waals surface area contributed by atoms with Crippen molar-refractivity contribution in [1.29, 1.82) is 0 Å². The van der Waals surface area contributed by atoms with Gasteiger partial charge in [0.2, 0.25) is 5.91 Å². The monoisotopic (exact) mass is 290 g/mol. The Hall–Kier alpha value is -1.99. The van der Waals surface area contributed by atoms with E-state index in [4.69, 9.17) is 0 Å². The van der Waals surface area contributed by atoms with Crippen LogP contribution in [0.25, 0.3) is 9.88 Å². The summed E-state index contributed by atoms with van der Waals surface area (Å²) in [5.41, 5.74) is 0.783. The topological polar surface area (TPSA) is 70.7 Å². The number of hydrogen-bond donors (Lipinski definition) is 2. The minimum absolute atomic E-state index is 0.104. The number of amides is 1. The highest BCUT2D eigenvalue weighted by Crippen LogP contribution is 2.27. The van der Waals surface area contributed by atoms with Gasteiger partial charge in [-0.2, -0.15) is 5.10 Å². The van der Waals surface area contributed by atoms with Crippen molar-refractivity contribution in [2.45, 2.75) is 6.42 Å². The summed E-state index contributed by atoms with van der Waals surface area (Å²) in [5, 5.41) is 14.1. The lowest BCUT2D eigenvalue weighted by atomic mass is 10.3. The molecule has 3 aromatic rings. The number of anilines is 1. The van der Waals surface area contributed by atoms with E-state index in [0.717, 1.165) is 15.6 Å². The molecule has 0 bridgehead atoms. The molecule has 0 saturated carbocycles. The van der Waals surface area contributed by atoms with E-state index in [1.165, 1.54) is 0 Å². The number of rotatable bonds is 4. The molecule has 1 amide bonds. The number of thiazole rings is 1. The quantitative estimate of drug-likeness (QED) is 0.776. The van der Waals surface area contributed by atoms with Gasteiger partial charge in [-0.3, -0.25) is 9.89 Å². The number of carbonyl (C=O) groups is 1. The van der Waals surface area contributed by atoms with Crippen molar-refractivity contribution in [3.63, 3.8) is 0 Å². The second-order valence-corrected chi connectivity index (χ2v) is 5.62. The van der Waals surface area contributed by atoms with Crippen LogP contribution >= 0.6 is 22.7 Å². The largest absolute Gasteiger partial charge is 0.311 e. The van der Waals surface area contributed by atoms with E-state index in [-0.39, 0.29) is 12.3 Å². The Labute approximate surface area is 117 Å². The molecule has 0 aliphatic heterocycles. The van der Waals surface area contributed by atoms with E-state index in [1.807, 2.05) is 22.9 Å². The normalized spacial score (nSPS) is 10.5. The van der Waals surface area contributed by atoms with Crippen LogP contribution < -0.4 is 5.32 Å². The molecule has 0 aliphatic carbocycles. The molecular formula is C12H10N4OS2. The van der Waals surface area contributed by atoms with E-state index in [0.29, 0.717) is 5.82 Å². The van der Waals surface area contributed by atoms with Gasteiger partial charge in [-0.1, -0.05) is 6.07 Å². The predicted octanol–water partition coefficient (Wildman–Crippen LogP) is 2.78. The number of thiophene rings is 1. The van der Waals surface area contributed by atoms with Crippen molar-refractivity contribution in [2.24, 2.45) is 0 Å². The molecule has 0 radical (unpaired) electrons. The van der Waals surface area contributed by atoms with Crippen molar-refractivity contribution in [3.8, 4) is 9.88 Å². The van der Waals surface area contributed by atoms with Crippen LogP contribution in [0.2, 0.25) is 0 Å². The molecule has 0 fully saturated rings. The highest BCUT2D eigenvalue weighted by atomic mass is 32.1. The van der Waals surface area contributed by atoms with Gasteiger partial charge in [0.05, 0.1) is 23.2 Å². The molecule has 3 rings (SSSR count). The van der Waals surface area contributed by atoms with Gasteiger partial charge in [-0.25, -0.2) is 4.98 Å². The summed E-state index contributed by atoms with van der Waals surface area (Å²) in [4.78, 5) is 17.4. The van der Waals surface area contributed by atoms with Crippen LogP contribution in [0.1, 0.15) is 5.69 Å². The number of H-pyrrole nitrogens is 1. The minimum atomic E-state index is -0.104. The van der Waals surface area contributed by atoms with Crippen LogP contribution in [0.15, 0.2) is 35.2 Å². The van der Waals surface area contributed by atoms with Crippen molar-refractivity contribution < 1.29 is 4.79 Å². The van der Waals surface area contributed by atoms with Gasteiger partial charge in [-0.15, -0.1) is 22.7 Å². The zero-order chi connectivity index (χ0) is 13.1. The first kappa shape index (κ1) is 12.1. The zero-order valence-corrected chi connectivity index (χ0v) is 11.4. The van der Waals surface area contributed by atoms with Crippen LogP contribution in [0.3, 0.4) is 0 Å². The van der Waals surface area contributed by atoms with Crippen LogP contribution in [0.5, 0.6) is 0 Å². The Kier molecular flexibility index (Phi) is 3.39. The maximum atomic E-state index is 11.8. The lowest BCUT2D eigenvalue weighted by Gasteiger charge is -1.99. The van der Waals surface area contributed by atoms with Crippen molar-refractivity contribution in [2.75, 3.05) is 5.32 Å². The highest BCUT2D eigenvalue weighted by molar-refractivity contribution is 7.20. The Morgan fingerprint density at radius 2 is 2.32 bits per heavy atom. The Morgan fingerprint density at radius 1 is 1.37 bits per heavy atom. The summed E-state index contributed by atoms with van der Waals surface area (Å²) >= 11 is 3.20. The molecule has 0 unspecified atom stereocenters. The number of carbonyl (C=O) groups excluding carboxylic acids is 1. The molecule has 0 atom stereocenters. The lowest BCUT2D eigenvalue weighted by molar-refractivity contribution is -0.115. The van der Waals surface area contributed by atoms with E-state index in [2.05, 4.69) is 20.5 Å². The molecule has 96 valence electrons. The Balaban J connectivity index is 1.65. The summed E-state index contributed by atoms with van der Waals surface area (Å²) in [6.07, 6.45) is 1.86. The fraction of sp³-hybridized carbons (Fsp3) is 0.0833. The minimum Gasteiger partial charge on any atom is -0.311 e. The molecule has 3 heterocycles. The van der Waals surface area contributed by atoms with Gasteiger partial charge in [0.1, 0.15) is 10.8 Å². The number of nitrogens with one attached hydrogen (secondary N) is 2. The average Bonchev–Trinajstić information content (AvgIpc) is 3.09.